The fourth-order valence-electron chi connectivity index (χ4n) is 1.90. The first-order valence-corrected chi connectivity index (χ1v) is 7.00. The van der Waals surface area contributed by atoms with Gasteiger partial charge in [0.2, 0.25) is 0 Å². The van der Waals surface area contributed by atoms with E-state index in [2.05, 4.69) is 34.1 Å². The lowest BCUT2D eigenvalue weighted by Crippen LogP contribution is -2.24. The Bertz CT molecular complexity index is 493. The first-order valence-electron chi connectivity index (χ1n) is 5.74. The van der Waals surface area contributed by atoms with E-state index in [0.29, 0.717) is 11.2 Å². The van der Waals surface area contributed by atoms with Crippen molar-refractivity contribution in [2.45, 2.75) is 25.4 Å². The molecule has 0 atom stereocenters. The molecule has 0 unspecified atom stereocenters. The molecule has 1 aliphatic carbocycles. The summed E-state index contributed by atoms with van der Waals surface area (Å²) >= 11 is 7.53. The molecule has 88 valence electrons. The van der Waals surface area contributed by atoms with Gasteiger partial charge < -0.3 is 4.90 Å². The Morgan fingerprint density at radius 1 is 1.29 bits per heavy atom. The SMILES string of the molecule is Clc1csc(N(Cc2ccccc2)C2CC2)n1. The van der Waals surface area contributed by atoms with Crippen LogP contribution in [0.2, 0.25) is 5.15 Å². The molecular weight excluding hydrogens is 252 g/mol. The first kappa shape index (κ1) is 11.1. The Hall–Kier alpha value is -1.06. The molecule has 0 radical (unpaired) electrons. The van der Waals surface area contributed by atoms with Crippen molar-refractivity contribution in [2.24, 2.45) is 0 Å². The molecule has 17 heavy (non-hydrogen) atoms. The number of hydrogen-bond donors (Lipinski definition) is 0. The molecular formula is C13H13ClN2S. The minimum atomic E-state index is 0.601. The highest BCUT2D eigenvalue weighted by Crippen LogP contribution is 2.35. The van der Waals surface area contributed by atoms with Gasteiger partial charge in [-0.15, -0.1) is 11.3 Å². The van der Waals surface area contributed by atoms with Gasteiger partial charge in [-0.3, -0.25) is 0 Å². The number of benzene rings is 1. The zero-order chi connectivity index (χ0) is 11.7. The van der Waals surface area contributed by atoms with Crippen LogP contribution in [0.3, 0.4) is 0 Å². The molecule has 0 aliphatic heterocycles. The Morgan fingerprint density at radius 2 is 2.06 bits per heavy atom. The third-order valence-corrected chi connectivity index (χ3v) is 4.09. The van der Waals surface area contributed by atoms with Gasteiger partial charge in [0, 0.05) is 18.0 Å². The molecule has 2 aromatic rings. The molecule has 1 fully saturated rings. The third-order valence-electron chi connectivity index (χ3n) is 2.89. The van der Waals surface area contributed by atoms with Crippen LogP contribution in [0.25, 0.3) is 0 Å². The summed E-state index contributed by atoms with van der Waals surface area (Å²) in [4.78, 5) is 6.75. The monoisotopic (exact) mass is 264 g/mol. The number of thiazole rings is 1. The second-order valence-electron chi connectivity index (χ2n) is 4.30. The summed E-state index contributed by atoms with van der Waals surface area (Å²) in [5.41, 5.74) is 1.32. The number of aromatic nitrogens is 1. The fraction of sp³-hybridized carbons (Fsp3) is 0.308. The number of nitrogens with zero attached hydrogens (tertiary/aromatic N) is 2. The van der Waals surface area contributed by atoms with Crippen molar-refractivity contribution >= 4 is 28.1 Å². The van der Waals surface area contributed by atoms with Crippen molar-refractivity contribution in [3.05, 3.63) is 46.4 Å². The minimum Gasteiger partial charge on any atom is -0.341 e. The lowest BCUT2D eigenvalue weighted by atomic mass is 10.2. The second-order valence-corrected chi connectivity index (χ2v) is 5.52. The maximum Gasteiger partial charge on any atom is 0.187 e. The second kappa shape index (κ2) is 4.67. The van der Waals surface area contributed by atoms with Gasteiger partial charge in [-0.1, -0.05) is 41.9 Å². The molecule has 0 bridgehead atoms. The van der Waals surface area contributed by atoms with Gasteiger partial charge in [-0.25, -0.2) is 4.98 Å². The highest BCUT2D eigenvalue weighted by molar-refractivity contribution is 7.14. The lowest BCUT2D eigenvalue weighted by molar-refractivity contribution is 0.790. The van der Waals surface area contributed by atoms with Crippen molar-refractivity contribution < 1.29 is 0 Å². The molecule has 1 aromatic carbocycles. The molecule has 1 aromatic heterocycles. The molecule has 1 saturated carbocycles. The van der Waals surface area contributed by atoms with Crippen LogP contribution < -0.4 is 4.90 Å². The number of anilines is 1. The average Bonchev–Trinajstić information content (AvgIpc) is 3.10. The minimum absolute atomic E-state index is 0.601. The van der Waals surface area contributed by atoms with E-state index in [9.17, 15) is 0 Å². The predicted molar refractivity (Wildman–Crippen MR) is 72.8 cm³/mol. The van der Waals surface area contributed by atoms with Crippen LogP contribution in [-0.2, 0) is 6.54 Å². The normalized spacial score (nSPS) is 14.9. The van der Waals surface area contributed by atoms with E-state index in [1.54, 1.807) is 11.3 Å². The lowest BCUT2D eigenvalue weighted by Gasteiger charge is -2.21. The van der Waals surface area contributed by atoms with Gasteiger partial charge in [0.15, 0.2) is 5.13 Å². The van der Waals surface area contributed by atoms with E-state index in [1.165, 1.54) is 18.4 Å². The number of halogens is 1. The van der Waals surface area contributed by atoms with Crippen molar-refractivity contribution in [3.8, 4) is 0 Å². The summed E-state index contributed by atoms with van der Waals surface area (Å²) in [6.45, 7) is 0.926. The zero-order valence-corrected chi connectivity index (χ0v) is 10.9. The van der Waals surface area contributed by atoms with Crippen LogP contribution in [-0.4, -0.2) is 11.0 Å². The van der Waals surface area contributed by atoms with Crippen molar-refractivity contribution in [2.75, 3.05) is 4.90 Å². The standard InChI is InChI=1S/C13H13ClN2S/c14-12-9-17-13(15-12)16(11-6-7-11)8-10-4-2-1-3-5-10/h1-5,9,11H,6-8H2. The number of hydrogen-bond acceptors (Lipinski definition) is 3. The summed E-state index contributed by atoms with van der Waals surface area (Å²) in [5, 5.41) is 3.54. The topological polar surface area (TPSA) is 16.1 Å². The van der Waals surface area contributed by atoms with Crippen LogP contribution >= 0.6 is 22.9 Å². The van der Waals surface area contributed by atoms with Gasteiger partial charge in [0.25, 0.3) is 0 Å². The van der Waals surface area contributed by atoms with Crippen LogP contribution in [0.4, 0.5) is 5.13 Å². The Morgan fingerprint density at radius 3 is 2.65 bits per heavy atom. The summed E-state index contributed by atoms with van der Waals surface area (Å²) < 4.78 is 0. The molecule has 4 heteroatoms. The van der Waals surface area contributed by atoms with Crippen molar-refractivity contribution in [3.63, 3.8) is 0 Å². The Kier molecular flexibility index (Phi) is 3.04. The summed E-state index contributed by atoms with van der Waals surface area (Å²) in [5.74, 6) is 0. The van der Waals surface area contributed by atoms with Gasteiger partial charge in [-0.2, -0.15) is 0 Å². The van der Waals surface area contributed by atoms with E-state index in [0.717, 1.165) is 11.7 Å². The summed E-state index contributed by atoms with van der Waals surface area (Å²) in [7, 11) is 0. The smallest absolute Gasteiger partial charge is 0.187 e. The molecule has 0 amide bonds. The quantitative estimate of drug-likeness (QED) is 0.831. The maximum atomic E-state index is 5.91. The predicted octanol–water partition coefficient (Wildman–Crippen LogP) is 3.97. The maximum absolute atomic E-state index is 5.91. The Labute approximate surface area is 110 Å². The Balaban J connectivity index is 1.81. The van der Waals surface area contributed by atoms with Gasteiger partial charge in [0.05, 0.1) is 0 Å². The average molecular weight is 265 g/mol. The molecule has 0 spiro atoms. The van der Waals surface area contributed by atoms with Crippen LogP contribution in [0.1, 0.15) is 18.4 Å². The summed E-state index contributed by atoms with van der Waals surface area (Å²) in [6.07, 6.45) is 2.54. The van der Waals surface area contributed by atoms with Crippen LogP contribution in [0.15, 0.2) is 35.7 Å². The largest absolute Gasteiger partial charge is 0.341 e. The number of rotatable bonds is 4. The molecule has 0 saturated heterocycles. The molecule has 2 nitrogen and oxygen atoms in total. The summed E-state index contributed by atoms with van der Waals surface area (Å²) in [6, 6.07) is 11.2. The molecule has 1 aliphatic rings. The van der Waals surface area contributed by atoms with Crippen molar-refractivity contribution in [1.29, 1.82) is 0 Å². The van der Waals surface area contributed by atoms with E-state index < -0.39 is 0 Å². The molecule has 3 rings (SSSR count). The van der Waals surface area contributed by atoms with Gasteiger partial charge in [-0.05, 0) is 18.4 Å². The molecule has 0 N–H and O–H groups in total. The van der Waals surface area contributed by atoms with Crippen LogP contribution in [0.5, 0.6) is 0 Å². The van der Waals surface area contributed by atoms with Gasteiger partial charge >= 0.3 is 0 Å². The zero-order valence-electron chi connectivity index (χ0n) is 9.34. The first-order chi connectivity index (χ1) is 8.33. The van der Waals surface area contributed by atoms with E-state index in [1.807, 2.05) is 11.4 Å². The van der Waals surface area contributed by atoms with E-state index >= 15 is 0 Å². The third kappa shape index (κ3) is 2.61. The van der Waals surface area contributed by atoms with Crippen LogP contribution in [0, 0.1) is 0 Å². The van der Waals surface area contributed by atoms with Gasteiger partial charge in [0.1, 0.15) is 5.15 Å². The van der Waals surface area contributed by atoms with Crippen molar-refractivity contribution in [1.82, 2.24) is 4.98 Å². The molecule has 1 heterocycles. The van der Waals surface area contributed by atoms with E-state index in [4.69, 9.17) is 11.6 Å². The fourth-order valence-corrected chi connectivity index (χ4v) is 2.92. The highest BCUT2D eigenvalue weighted by atomic mass is 35.5. The van der Waals surface area contributed by atoms with E-state index in [-0.39, 0.29) is 0 Å². The highest BCUT2D eigenvalue weighted by Gasteiger charge is 2.30.